The molecule has 0 N–H and O–H groups in total. The highest BCUT2D eigenvalue weighted by Gasteiger charge is 2.41. The second-order valence-corrected chi connectivity index (χ2v) is 10.0. The van der Waals surface area contributed by atoms with Crippen LogP contribution in [0, 0.1) is 0 Å². The lowest BCUT2D eigenvalue weighted by atomic mass is 9.91. The first-order valence-corrected chi connectivity index (χ1v) is 14.2. The van der Waals surface area contributed by atoms with Gasteiger partial charge in [-0.05, 0) is 48.4 Å². The van der Waals surface area contributed by atoms with Gasteiger partial charge in [0.2, 0.25) is 6.10 Å². The molecule has 0 aliphatic carbocycles. The predicted molar refractivity (Wildman–Crippen MR) is 161 cm³/mol. The number of hydrogen-bond acceptors (Lipinski definition) is 7. The van der Waals surface area contributed by atoms with E-state index in [1.54, 1.807) is 50.3 Å². The number of rotatable bonds is 11. The van der Waals surface area contributed by atoms with E-state index in [0.29, 0.717) is 35.2 Å². The molecule has 43 heavy (non-hydrogen) atoms. The van der Waals surface area contributed by atoms with E-state index in [2.05, 4.69) is 0 Å². The number of benzene rings is 4. The topological polar surface area (TPSA) is 83.5 Å². The molecule has 222 valence electrons. The fourth-order valence-electron chi connectivity index (χ4n) is 5.18. The van der Waals surface area contributed by atoms with Crippen molar-refractivity contribution >= 4 is 11.9 Å². The molecule has 1 aliphatic heterocycles. The van der Waals surface area contributed by atoms with Gasteiger partial charge in [0.25, 0.3) is 5.91 Å². The number of hydrogen-bond donors (Lipinski definition) is 0. The van der Waals surface area contributed by atoms with Crippen LogP contribution in [0.5, 0.6) is 23.0 Å². The van der Waals surface area contributed by atoms with E-state index in [-0.39, 0.29) is 25.5 Å². The Hall–Kier alpha value is -4.98. The number of carbonyl (C=O) groups excluding carboxylic acids is 2. The summed E-state index contributed by atoms with van der Waals surface area (Å²) in [5.41, 5.74) is 3.33. The lowest BCUT2D eigenvalue weighted by molar-refractivity contribution is -0.158. The molecular weight excluding hydrogens is 546 g/mol. The second-order valence-electron chi connectivity index (χ2n) is 10.0. The van der Waals surface area contributed by atoms with E-state index >= 15 is 0 Å². The average molecular weight is 582 g/mol. The molecule has 0 saturated carbocycles. The Bertz CT molecular complexity index is 1520. The van der Waals surface area contributed by atoms with Crippen molar-refractivity contribution < 1.29 is 33.3 Å². The predicted octanol–water partition coefficient (Wildman–Crippen LogP) is 5.92. The smallest absolute Gasteiger partial charge is 0.329 e. The highest BCUT2D eigenvalue weighted by Crippen LogP contribution is 2.40. The van der Waals surface area contributed by atoms with Crippen molar-refractivity contribution in [2.75, 3.05) is 20.8 Å². The summed E-state index contributed by atoms with van der Waals surface area (Å²) in [7, 11) is 3.17. The first-order valence-electron chi connectivity index (χ1n) is 14.2. The molecular formula is C35H35NO7. The minimum absolute atomic E-state index is 0.165. The molecule has 0 bridgehead atoms. The Morgan fingerprint density at radius 1 is 0.837 bits per heavy atom. The van der Waals surface area contributed by atoms with Gasteiger partial charge in [0.1, 0.15) is 24.1 Å². The zero-order valence-corrected chi connectivity index (χ0v) is 24.5. The van der Waals surface area contributed by atoms with Gasteiger partial charge in [-0.15, -0.1) is 0 Å². The number of amides is 1. The Balaban J connectivity index is 1.50. The molecule has 0 aromatic heterocycles. The Morgan fingerprint density at radius 2 is 1.51 bits per heavy atom. The number of nitrogens with zero attached hydrogens (tertiary/aromatic N) is 1. The number of methoxy groups -OCH3 is 2. The van der Waals surface area contributed by atoms with E-state index in [0.717, 1.165) is 16.7 Å². The Labute approximate surface area is 251 Å². The molecule has 1 amide bonds. The van der Waals surface area contributed by atoms with Crippen LogP contribution in [0.4, 0.5) is 0 Å². The second kappa shape index (κ2) is 13.8. The average Bonchev–Trinajstić information content (AvgIpc) is 3.06. The van der Waals surface area contributed by atoms with Crippen molar-refractivity contribution in [3.05, 3.63) is 119 Å². The highest BCUT2D eigenvalue weighted by molar-refractivity contribution is 5.89. The quantitative estimate of drug-likeness (QED) is 0.203. The molecule has 8 nitrogen and oxygen atoms in total. The largest absolute Gasteiger partial charge is 0.497 e. The third-order valence-corrected chi connectivity index (χ3v) is 7.36. The molecule has 0 spiro atoms. The van der Waals surface area contributed by atoms with E-state index in [1.165, 1.54) is 0 Å². The summed E-state index contributed by atoms with van der Waals surface area (Å²) < 4.78 is 29.0. The van der Waals surface area contributed by atoms with Crippen LogP contribution in [0.15, 0.2) is 97.1 Å². The van der Waals surface area contributed by atoms with Crippen molar-refractivity contribution in [1.82, 2.24) is 4.90 Å². The Kier molecular flexibility index (Phi) is 9.46. The van der Waals surface area contributed by atoms with Crippen LogP contribution in [0.1, 0.15) is 35.3 Å². The molecule has 2 atom stereocenters. The fourth-order valence-corrected chi connectivity index (χ4v) is 5.18. The van der Waals surface area contributed by atoms with Gasteiger partial charge in [-0.3, -0.25) is 4.79 Å². The van der Waals surface area contributed by atoms with E-state index in [1.807, 2.05) is 72.8 Å². The third kappa shape index (κ3) is 6.75. The van der Waals surface area contributed by atoms with Gasteiger partial charge in [0.05, 0.1) is 20.8 Å². The summed E-state index contributed by atoms with van der Waals surface area (Å²) in [4.78, 5) is 29.3. The first-order chi connectivity index (χ1) is 21.0. The van der Waals surface area contributed by atoms with Crippen LogP contribution in [0.2, 0.25) is 0 Å². The maximum absolute atomic E-state index is 14.4. The molecule has 0 unspecified atom stereocenters. The van der Waals surface area contributed by atoms with Gasteiger partial charge in [-0.1, -0.05) is 66.7 Å². The van der Waals surface area contributed by atoms with Crippen LogP contribution in [-0.4, -0.2) is 43.6 Å². The molecule has 0 saturated heterocycles. The van der Waals surface area contributed by atoms with Crippen LogP contribution >= 0.6 is 0 Å². The van der Waals surface area contributed by atoms with Crippen molar-refractivity contribution in [2.45, 2.75) is 38.6 Å². The van der Waals surface area contributed by atoms with Gasteiger partial charge >= 0.3 is 5.97 Å². The van der Waals surface area contributed by atoms with Gasteiger partial charge < -0.3 is 28.6 Å². The number of ether oxygens (including phenoxy) is 5. The summed E-state index contributed by atoms with van der Waals surface area (Å²) >= 11 is 0. The lowest BCUT2D eigenvalue weighted by Gasteiger charge is -2.38. The first kappa shape index (κ1) is 29.5. The molecule has 0 radical (unpaired) electrons. The number of esters is 1. The van der Waals surface area contributed by atoms with Crippen LogP contribution in [-0.2, 0) is 33.9 Å². The minimum Gasteiger partial charge on any atom is -0.497 e. The fraction of sp³-hybridized carbons (Fsp3) is 0.257. The van der Waals surface area contributed by atoms with E-state index in [4.69, 9.17) is 23.7 Å². The summed E-state index contributed by atoms with van der Waals surface area (Å²) in [6.07, 6.45) is -0.800. The maximum atomic E-state index is 14.4. The van der Waals surface area contributed by atoms with Gasteiger partial charge in [0, 0.05) is 24.1 Å². The summed E-state index contributed by atoms with van der Waals surface area (Å²) in [6.45, 7) is 2.42. The third-order valence-electron chi connectivity index (χ3n) is 7.36. The highest BCUT2D eigenvalue weighted by atomic mass is 16.5. The molecule has 5 rings (SSSR count). The molecule has 1 heterocycles. The SMILES string of the molecule is CCOC(=O)[C@@H]1Cc2c(ccc(OC)c2OCc2ccccc2)CN1C(=O)[C@@H](Oc1ccc(OC)cc1)c1ccccc1. The summed E-state index contributed by atoms with van der Waals surface area (Å²) in [5.74, 6) is 1.43. The zero-order valence-electron chi connectivity index (χ0n) is 24.5. The van der Waals surface area contributed by atoms with Gasteiger partial charge in [-0.25, -0.2) is 4.79 Å². The van der Waals surface area contributed by atoms with Crippen molar-refractivity contribution in [1.29, 1.82) is 0 Å². The number of carbonyl (C=O) groups is 2. The van der Waals surface area contributed by atoms with Crippen molar-refractivity contribution in [3.63, 3.8) is 0 Å². The van der Waals surface area contributed by atoms with Gasteiger partial charge in [-0.2, -0.15) is 0 Å². The normalized spacial score (nSPS) is 14.7. The lowest BCUT2D eigenvalue weighted by Crippen LogP contribution is -2.51. The molecule has 1 aliphatic rings. The standard InChI is InChI=1S/C35H35NO7/c1-4-41-35(38)30-21-29-26(15-20-31(40-3)33(29)42-23-24-11-7-5-8-12-24)22-36(30)34(37)32(25-13-9-6-10-14-25)43-28-18-16-27(39-2)17-19-28/h5-20,30,32H,4,21-23H2,1-3H3/t30-,32-/m0/s1. The molecule has 0 fully saturated rings. The van der Waals surface area contributed by atoms with E-state index < -0.39 is 18.1 Å². The zero-order chi connectivity index (χ0) is 30.2. The minimum atomic E-state index is -1.000. The molecule has 4 aromatic carbocycles. The van der Waals surface area contributed by atoms with Crippen LogP contribution < -0.4 is 18.9 Å². The van der Waals surface area contributed by atoms with Crippen molar-refractivity contribution in [3.8, 4) is 23.0 Å². The summed E-state index contributed by atoms with van der Waals surface area (Å²) in [6, 6.07) is 29.0. The monoisotopic (exact) mass is 581 g/mol. The molecule has 8 heteroatoms. The van der Waals surface area contributed by atoms with Crippen LogP contribution in [0.25, 0.3) is 0 Å². The number of fused-ring (bicyclic) bond motifs is 1. The van der Waals surface area contributed by atoms with Crippen LogP contribution in [0.3, 0.4) is 0 Å². The van der Waals surface area contributed by atoms with Gasteiger partial charge in [0.15, 0.2) is 11.5 Å². The van der Waals surface area contributed by atoms with E-state index in [9.17, 15) is 9.59 Å². The Morgan fingerprint density at radius 3 is 2.16 bits per heavy atom. The maximum Gasteiger partial charge on any atom is 0.329 e. The van der Waals surface area contributed by atoms with Crippen molar-refractivity contribution in [2.24, 2.45) is 0 Å². The molecule has 4 aromatic rings. The summed E-state index contributed by atoms with van der Waals surface area (Å²) in [5, 5.41) is 0.